The molecule has 16 heavy (non-hydrogen) atoms. The van der Waals surface area contributed by atoms with E-state index in [-0.39, 0.29) is 0 Å². The van der Waals surface area contributed by atoms with E-state index in [9.17, 15) is 4.79 Å². The zero-order valence-corrected chi connectivity index (χ0v) is 10.3. The molecule has 0 aromatic carbocycles. The molecule has 1 rings (SSSR count). The number of rotatable bonds is 1. The fourth-order valence-electron chi connectivity index (χ4n) is 1.06. The van der Waals surface area contributed by atoms with Gasteiger partial charge in [0.25, 0.3) is 0 Å². The van der Waals surface area contributed by atoms with E-state index in [1.165, 1.54) is 6.33 Å². The molecule has 0 aliphatic rings. The molecule has 5 nitrogen and oxygen atoms in total. The monoisotopic (exact) mass is 223 g/mol. The van der Waals surface area contributed by atoms with Gasteiger partial charge in [0, 0.05) is 11.3 Å². The molecule has 0 fully saturated rings. The van der Waals surface area contributed by atoms with Crippen LogP contribution >= 0.6 is 0 Å². The standard InChI is InChI=1S/C11H17N3O2/c1-7-8(2)12-6-13-9(7)14-10(15)16-11(3,4)5/h6H,1-5H3,(H,12,13,14,15). The van der Waals surface area contributed by atoms with Crippen LogP contribution in [0.5, 0.6) is 0 Å². The number of carbonyl (C=O) groups excluding carboxylic acids is 1. The maximum atomic E-state index is 11.5. The van der Waals surface area contributed by atoms with Crippen molar-refractivity contribution in [1.82, 2.24) is 9.97 Å². The van der Waals surface area contributed by atoms with Crippen LogP contribution in [-0.4, -0.2) is 21.7 Å². The molecule has 0 saturated heterocycles. The van der Waals surface area contributed by atoms with Crippen LogP contribution in [0.2, 0.25) is 0 Å². The van der Waals surface area contributed by atoms with E-state index in [1.807, 2.05) is 34.6 Å². The third-order valence-corrected chi connectivity index (χ3v) is 1.96. The van der Waals surface area contributed by atoms with Crippen molar-refractivity contribution in [2.45, 2.75) is 40.2 Å². The van der Waals surface area contributed by atoms with Gasteiger partial charge in [-0.1, -0.05) is 0 Å². The lowest BCUT2D eigenvalue weighted by molar-refractivity contribution is 0.0635. The first-order chi connectivity index (χ1) is 7.29. The van der Waals surface area contributed by atoms with E-state index in [2.05, 4.69) is 15.3 Å². The van der Waals surface area contributed by atoms with E-state index in [0.717, 1.165) is 11.3 Å². The molecular formula is C11H17N3O2. The van der Waals surface area contributed by atoms with Crippen molar-refractivity contribution in [2.75, 3.05) is 5.32 Å². The van der Waals surface area contributed by atoms with Crippen molar-refractivity contribution in [1.29, 1.82) is 0 Å². The molecule has 1 N–H and O–H groups in total. The van der Waals surface area contributed by atoms with Gasteiger partial charge in [-0.2, -0.15) is 0 Å². The van der Waals surface area contributed by atoms with E-state index >= 15 is 0 Å². The molecule has 88 valence electrons. The van der Waals surface area contributed by atoms with Crippen molar-refractivity contribution in [2.24, 2.45) is 0 Å². The van der Waals surface area contributed by atoms with Gasteiger partial charge >= 0.3 is 6.09 Å². The second-order valence-electron chi connectivity index (χ2n) is 4.56. The Kier molecular flexibility index (Phi) is 3.47. The topological polar surface area (TPSA) is 64.1 Å². The normalized spacial score (nSPS) is 11.1. The molecule has 1 heterocycles. The van der Waals surface area contributed by atoms with Gasteiger partial charge in [0.2, 0.25) is 0 Å². The average Bonchev–Trinajstić information content (AvgIpc) is 2.09. The Labute approximate surface area is 95.3 Å². The Morgan fingerprint density at radius 3 is 2.50 bits per heavy atom. The second-order valence-corrected chi connectivity index (χ2v) is 4.56. The predicted molar refractivity (Wildman–Crippen MR) is 61.4 cm³/mol. The highest BCUT2D eigenvalue weighted by Crippen LogP contribution is 2.14. The minimum absolute atomic E-state index is 0.488. The van der Waals surface area contributed by atoms with Crippen LogP contribution in [0.25, 0.3) is 0 Å². The molecule has 0 atom stereocenters. The van der Waals surface area contributed by atoms with Crippen LogP contribution in [0.15, 0.2) is 6.33 Å². The maximum absolute atomic E-state index is 11.5. The van der Waals surface area contributed by atoms with Gasteiger partial charge in [-0.05, 0) is 34.6 Å². The summed E-state index contributed by atoms with van der Waals surface area (Å²) in [6, 6.07) is 0. The molecule has 0 unspecified atom stereocenters. The molecule has 0 aliphatic heterocycles. The van der Waals surface area contributed by atoms with E-state index in [0.29, 0.717) is 5.82 Å². The van der Waals surface area contributed by atoms with Crippen LogP contribution in [0, 0.1) is 13.8 Å². The largest absolute Gasteiger partial charge is 0.444 e. The van der Waals surface area contributed by atoms with Gasteiger partial charge in [0.1, 0.15) is 17.7 Å². The zero-order valence-electron chi connectivity index (χ0n) is 10.3. The second kappa shape index (κ2) is 4.47. The zero-order chi connectivity index (χ0) is 12.3. The number of amides is 1. The molecular weight excluding hydrogens is 206 g/mol. The van der Waals surface area contributed by atoms with Gasteiger partial charge in [-0.3, -0.25) is 5.32 Å². The first-order valence-corrected chi connectivity index (χ1v) is 5.08. The lowest BCUT2D eigenvalue weighted by Crippen LogP contribution is -2.27. The Balaban J connectivity index is 2.74. The van der Waals surface area contributed by atoms with Crippen molar-refractivity contribution >= 4 is 11.9 Å². The van der Waals surface area contributed by atoms with Gasteiger partial charge in [-0.25, -0.2) is 14.8 Å². The Morgan fingerprint density at radius 2 is 1.94 bits per heavy atom. The number of carbonyl (C=O) groups is 1. The Hall–Kier alpha value is -1.65. The Bertz CT molecular complexity index is 397. The van der Waals surface area contributed by atoms with E-state index in [1.54, 1.807) is 0 Å². The van der Waals surface area contributed by atoms with Crippen molar-refractivity contribution < 1.29 is 9.53 Å². The molecule has 0 aliphatic carbocycles. The summed E-state index contributed by atoms with van der Waals surface area (Å²) >= 11 is 0. The number of hydrogen-bond acceptors (Lipinski definition) is 4. The maximum Gasteiger partial charge on any atom is 0.413 e. The molecule has 0 saturated carbocycles. The summed E-state index contributed by atoms with van der Waals surface area (Å²) in [6.45, 7) is 9.14. The quantitative estimate of drug-likeness (QED) is 0.794. The lowest BCUT2D eigenvalue weighted by Gasteiger charge is -2.19. The lowest BCUT2D eigenvalue weighted by atomic mass is 10.2. The number of aryl methyl sites for hydroxylation is 1. The van der Waals surface area contributed by atoms with Crippen molar-refractivity contribution in [3.8, 4) is 0 Å². The minimum Gasteiger partial charge on any atom is -0.444 e. The SMILES string of the molecule is Cc1ncnc(NC(=O)OC(C)(C)C)c1C. The molecule has 5 heteroatoms. The first-order valence-electron chi connectivity index (χ1n) is 5.08. The van der Waals surface area contributed by atoms with Gasteiger partial charge in [0.15, 0.2) is 0 Å². The predicted octanol–water partition coefficient (Wildman–Crippen LogP) is 2.44. The molecule has 0 radical (unpaired) electrons. The van der Waals surface area contributed by atoms with Gasteiger partial charge < -0.3 is 4.74 Å². The van der Waals surface area contributed by atoms with Crippen LogP contribution in [0.3, 0.4) is 0 Å². The van der Waals surface area contributed by atoms with Crippen LogP contribution < -0.4 is 5.32 Å². The molecule has 0 bridgehead atoms. The van der Waals surface area contributed by atoms with E-state index < -0.39 is 11.7 Å². The van der Waals surface area contributed by atoms with Crippen LogP contribution in [-0.2, 0) is 4.74 Å². The van der Waals surface area contributed by atoms with Crippen molar-refractivity contribution in [3.63, 3.8) is 0 Å². The molecule has 0 spiro atoms. The number of ether oxygens (including phenoxy) is 1. The van der Waals surface area contributed by atoms with Gasteiger partial charge in [-0.15, -0.1) is 0 Å². The highest BCUT2D eigenvalue weighted by atomic mass is 16.6. The fraction of sp³-hybridized carbons (Fsp3) is 0.545. The van der Waals surface area contributed by atoms with E-state index in [4.69, 9.17) is 4.74 Å². The smallest absolute Gasteiger partial charge is 0.413 e. The number of anilines is 1. The van der Waals surface area contributed by atoms with Gasteiger partial charge in [0.05, 0.1) is 0 Å². The highest BCUT2D eigenvalue weighted by Gasteiger charge is 2.17. The number of nitrogens with zero attached hydrogens (tertiary/aromatic N) is 2. The summed E-state index contributed by atoms with van der Waals surface area (Å²) in [5.41, 5.74) is 1.16. The third kappa shape index (κ3) is 3.49. The van der Waals surface area contributed by atoms with Crippen LogP contribution in [0.1, 0.15) is 32.0 Å². The molecule has 1 aromatic heterocycles. The number of aromatic nitrogens is 2. The number of hydrogen-bond donors (Lipinski definition) is 1. The summed E-state index contributed by atoms with van der Waals surface area (Å²) in [7, 11) is 0. The molecule has 1 aromatic rings. The summed E-state index contributed by atoms with van der Waals surface area (Å²) in [4.78, 5) is 19.5. The average molecular weight is 223 g/mol. The summed E-state index contributed by atoms with van der Waals surface area (Å²) in [5.74, 6) is 0.488. The fourth-order valence-corrected chi connectivity index (χ4v) is 1.06. The van der Waals surface area contributed by atoms with Crippen molar-refractivity contribution in [3.05, 3.63) is 17.6 Å². The summed E-state index contributed by atoms with van der Waals surface area (Å²) in [6.07, 6.45) is 0.906. The Morgan fingerprint density at radius 1 is 1.31 bits per heavy atom. The third-order valence-electron chi connectivity index (χ3n) is 1.96. The molecule has 1 amide bonds. The van der Waals surface area contributed by atoms with Crippen LogP contribution in [0.4, 0.5) is 10.6 Å². The minimum atomic E-state index is -0.514. The summed E-state index contributed by atoms with van der Waals surface area (Å²) in [5, 5.41) is 2.60. The number of nitrogens with one attached hydrogen (secondary N) is 1. The highest BCUT2D eigenvalue weighted by molar-refractivity contribution is 5.84. The first kappa shape index (κ1) is 12.4. The summed E-state index contributed by atoms with van der Waals surface area (Å²) < 4.78 is 5.13.